The SMILES string of the molecule is C=CCNC(N)=NCC1(SC)CCC1. The summed E-state index contributed by atoms with van der Waals surface area (Å²) >= 11 is 1.91. The van der Waals surface area contributed by atoms with Gasteiger partial charge in [0.05, 0.1) is 6.54 Å². The van der Waals surface area contributed by atoms with Crippen LogP contribution in [-0.4, -0.2) is 30.1 Å². The quantitative estimate of drug-likeness (QED) is 0.412. The molecule has 0 saturated heterocycles. The Morgan fingerprint density at radius 3 is 2.86 bits per heavy atom. The molecular weight excluding hydrogens is 194 g/mol. The maximum absolute atomic E-state index is 5.68. The number of thioether (sulfide) groups is 1. The summed E-state index contributed by atoms with van der Waals surface area (Å²) in [5.41, 5.74) is 5.68. The van der Waals surface area contributed by atoms with E-state index in [2.05, 4.69) is 23.1 Å². The highest BCUT2D eigenvalue weighted by Gasteiger charge is 2.35. The Balaban J connectivity index is 2.32. The molecule has 0 bridgehead atoms. The molecule has 0 spiro atoms. The van der Waals surface area contributed by atoms with E-state index in [-0.39, 0.29) is 0 Å². The number of aliphatic imine (C=N–C) groups is 1. The van der Waals surface area contributed by atoms with Crippen LogP contribution in [0.3, 0.4) is 0 Å². The first kappa shape index (κ1) is 11.4. The molecule has 0 aromatic heterocycles. The third-order valence-corrected chi connectivity index (χ3v) is 4.07. The van der Waals surface area contributed by atoms with Crippen molar-refractivity contribution in [1.82, 2.24) is 5.32 Å². The fourth-order valence-electron chi connectivity index (χ4n) is 1.46. The summed E-state index contributed by atoms with van der Waals surface area (Å²) in [4.78, 5) is 4.34. The molecule has 3 N–H and O–H groups in total. The Bertz CT molecular complexity index is 216. The van der Waals surface area contributed by atoms with Gasteiger partial charge in [-0.1, -0.05) is 12.5 Å². The molecular formula is C10H19N3S. The van der Waals surface area contributed by atoms with Crippen molar-refractivity contribution in [3.63, 3.8) is 0 Å². The van der Waals surface area contributed by atoms with Crippen molar-refractivity contribution in [2.45, 2.75) is 24.0 Å². The smallest absolute Gasteiger partial charge is 0.188 e. The van der Waals surface area contributed by atoms with E-state index in [0.29, 0.717) is 17.3 Å². The largest absolute Gasteiger partial charge is 0.370 e. The van der Waals surface area contributed by atoms with Crippen LogP contribution in [0.4, 0.5) is 0 Å². The fraction of sp³-hybridized carbons (Fsp3) is 0.700. The summed E-state index contributed by atoms with van der Waals surface area (Å²) in [6, 6.07) is 0. The maximum atomic E-state index is 5.68. The minimum Gasteiger partial charge on any atom is -0.370 e. The zero-order valence-corrected chi connectivity index (χ0v) is 9.57. The molecule has 1 aliphatic carbocycles. The highest BCUT2D eigenvalue weighted by Crippen LogP contribution is 2.42. The number of hydrogen-bond donors (Lipinski definition) is 2. The minimum atomic E-state index is 0.375. The molecule has 0 aromatic rings. The molecule has 0 atom stereocenters. The zero-order chi connectivity index (χ0) is 10.4. The van der Waals surface area contributed by atoms with Gasteiger partial charge in [-0.3, -0.25) is 4.99 Å². The molecule has 4 heteroatoms. The van der Waals surface area contributed by atoms with E-state index in [9.17, 15) is 0 Å². The Labute approximate surface area is 90.2 Å². The van der Waals surface area contributed by atoms with E-state index in [1.165, 1.54) is 19.3 Å². The van der Waals surface area contributed by atoms with Gasteiger partial charge >= 0.3 is 0 Å². The first-order valence-corrected chi connectivity index (χ1v) is 6.15. The number of rotatable bonds is 5. The van der Waals surface area contributed by atoms with E-state index in [1.807, 2.05) is 11.8 Å². The van der Waals surface area contributed by atoms with Crippen LogP contribution in [0.25, 0.3) is 0 Å². The molecule has 0 aliphatic heterocycles. The topological polar surface area (TPSA) is 50.4 Å². The Hall–Kier alpha value is -0.640. The standard InChI is InChI=1S/C10H19N3S/c1-3-7-12-9(11)13-8-10(14-2)5-4-6-10/h3H,1,4-8H2,2H3,(H3,11,12,13). The molecule has 1 aliphatic rings. The van der Waals surface area contributed by atoms with Crippen molar-refractivity contribution in [3.05, 3.63) is 12.7 Å². The number of nitrogens with one attached hydrogen (secondary N) is 1. The zero-order valence-electron chi connectivity index (χ0n) is 8.75. The second kappa shape index (κ2) is 5.29. The molecule has 0 radical (unpaired) electrons. The second-order valence-electron chi connectivity index (χ2n) is 3.61. The van der Waals surface area contributed by atoms with Crippen molar-refractivity contribution < 1.29 is 0 Å². The number of nitrogens with two attached hydrogens (primary N) is 1. The molecule has 0 heterocycles. The van der Waals surface area contributed by atoms with Gasteiger partial charge < -0.3 is 11.1 Å². The van der Waals surface area contributed by atoms with E-state index in [0.717, 1.165) is 6.54 Å². The van der Waals surface area contributed by atoms with Crippen LogP contribution >= 0.6 is 11.8 Å². The minimum absolute atomic E-state index is 0.375. The van der Waals surface area contributed by atoms with Crippen molar-refractivity contribution in [3.8, 4) is 0 Å². The lowest BCUT2D eigenvalue weighted by Crippen LogP contribution is -2.39. The van der Waals surface area contributed by atoms with Crippen molar-refractivity contribution in [2.75, 3.05) is 19.3 Å². The monoisotopic (exact) mass is 213 g/mol. The van der Waals surface area contributed by atoms with Gasteiger partial charge in [-0.2, -0.15) is 11.8 Å². The summed E-state index contributed by atoms with van der Waals surface area (Å²) in [5, 5.41) is 2.98. The maximum Gasteiger partial charge on any atom is 0.188 e. The van der Waals surface area contributed by atoms with Crippen LogP contribution in [0.2, 0.25) is 0 Å². The van der Waals surface area contributed by atoms with Crippen molar-refractivity contribution in [2.24, 2.45) is 10.7 Å². The highest BCUT2D eigenvalue weighted by atomic mass is 32.2. The van der Waals surface area contributed by atoms with Gasteiger partial charge in [-0.15, -0.1) is 6.58 Å². The molecule has 80 valence electrons. The first-order chi connectivity index (χ1) is 6.72. The normalized spacial score (nSPS) is 19.9. The number of hydrogen-bond acceptors (Lipinski definition) is 2. The molecule has 0 aromatic carbocycles. The summed E-state index contributed by atoms with van der Waals surface area (Å²) in [7, 11) is 0. The van der Waals surface area contributed by atoms with Crippen LogP contribution in [0.5, 0.6) is 0 Å². The Morgan fingerprint density at radius 2 is 2.43 bits per heavy atom. The molecule has 1 rings (SSSR count). The van der Waals surface area contributed by atoms with Crippen LogP contribution in [0.1, 0.15) is 19.3 Å². The van der Waals surface area contributed by atoms with Crippen LogP contribution < -0.4 is 11.1 Å². The molecule has 1 fully saturated rings. The third-order valence-electron chi connectivity index (χ3n) is 2.66. The fourth-order valence-corrected chi connectivity index (χ4v) is 2.35. The van der Waals surface area contributed by atoms with Gasteiger partial charge in [-0.05, 0) is 19.1 Å². The molecule has 14 heavy (non-hydrogen) atoms. The average Bonchev–Trinajstić information content (AvgIpc) is 2.14. The van der Waals surface area contributed by atoms with Gasteiger partial charge in [0.2, 0.25) is 0 Å². The van der Waals surface area contributed by atoms with Crippen LogP contribution in [-0.2, 0) is 0 Å². The van der Waals surface area contributed by atoms with E-state index in [4.69, 9.17) is 5.73 Å². The number of guanidine groups is 1. The van der Waals surface area contributed by atoms with Crippen molar-refractivity contribution in [1.29, 1.82) is 0 Å². The lowest BCUT2D eigenvalue weighted by atomic mass is 9.84. The van der Waals surface area contributed by atoms with Gasteiger partial charge in [-0.25, -0.2) is 0 Å². The highest BCUT2D eigenvalue weighted by molar-refractivity contribution is 8.00. The molecule has 3 nitrogen and oxygen atoms in total. The molecule has 0 amide bonds. The van der Waals surface area contributed by atoms with E-state index in [1.54, 1.807) is 6.08 Å². The lowest BCUT2D eigenvalue weighted by Gasteiger charge is -2.39. The predicted octanol–water partition coefficient (Wildman–Crippen LogP) is 1.36. The van der Waals surface area contributed by atoms with Crippen molar-refractivity contribution >= 4 is 17.7 Å². The summed E-state index contributed by atoms with van der Waals surface area (Å²) in [6.07, 6.45) is 7.80. The third kappa shape index (κ3) is 2.94. The van der Waals surface area contributed by atoms with Gasteiger partial charge in [0.1, 0.15) is 0 Å². The molecule has 0 unspecified atom stereocenters. The van der Waals surface area contributed by atoms with Crippen LogP contribution in [0, 0.1) is 0 Å². The summed E-state index contributed by atoms with van der Waals surface area (Å²) in [5.74, 6) is 0.533. The van der Waals surface area contributed by atoms with E-state index >= 15 is 0 Å². The second-order valence-corrected chi connectivity index (χ2v) is 4.89. The van der Waals surface area contributed by atoms with Gasteiger partial charge in [0, 0.05) is 11.3 Å². The summed E-state index contributed by atoms with van der Waals surface area (Å²) < 4.78 is 0.375. The Kier molecular flexibility index (Phi) is 4.32. The first-order valence-electron chi connectivity index (χ1n) is 4.92. The predicted molar refractivity (Wildman–Crippen MR) is 64.8 cm³/mol. The average molecular weight is 213 g/mol. The van der Waals surface area contributed by atoms with E-state index < -0.39 is 0 Å². The summed E-state index contributed by atoms with van der Waals surface area (Å²) in [6.45, 7) is 5.13. The Morgan fingerprint density at radius 1 is 1.71 bits per heavy atom. The number of nitrogens with zero attached hydrogens (tertiary/aromatic N) is 1. The van der Waals surface area contributed by atoms with Gasteiger partial charge in [0.15, 0.2) is 5.96 Å². The lowest BCUT2D eigenvalue weighted by molar-refractivity contribution is 0.372. The molecule has 1 saturated carbocycles. The van der Waals surface area contributed by atoms with Crippen LogP contribution in [0.15, 0.2) is 17.6 Å². The van der Waals surface area contributed by atoms with Gasteiger partial charge in [0.25, 0.3) is 0 Å².